The molecule has 1 saturated heterocycles. The molecule has 100 valence electrons. The maximum absolute atomic E-state index is 6.41. The molecule has 18 heavy (non-hydrogen) atoms. The first-order valence-corrected chi connectivity index (χ1v) is 7.15. The summed E-state index contributed by atoms with van der Waals surface area (Å²) in [6.07, 6.45) is 1.30. The molecule has 3 unspecified atom stereocenters. The summed E-state index contributed by atoms with van der Waals surface area (Å²) in [6, 6.07) is 6.74. The van der Waals surface area contributed by atoms with Crippen LogP contribution in [0.4, 0.5) is 5.69 Å². The van der Waals surface area contributed by atoms with Crippen LogP contribution in [-0.2, 0) is 6.54 Å². The summed E-state index contributed by atoms with van der Waals surface area (Å²) in [4.78, 5) is 2.45. The molecule has 2 nitrogen and oxygen atoms in total. The summed E-state index contributed by atoms with van der Waals surface area (Å²) in [7, 11) is 0. The zero-order chi connectivity index (χ0) is 13.3. The molecule has 2 N–H and O–H groups in total. The van der Waals surface area contributed by atoms with E-state index in [-0.39, 0.29) is 0 Å². The minimum absolute atomic E-state index is 0.544. The van der Waals surface area contributed by atoms with E-state index in [1.807, 2.05) is 6.07 Å². The molecule has 0 aliphatic carbocycles. The van der Waals surface area contributed by atoms with E-state index >= 15 is 0 Å². The number of rotatable bonds is 2. The van der Waals surface area contributed by atoms with Gasteiger partial charge in [-0.3, -0.25) is 0 Å². The second-order valence-electron chi connectivity index (χ2n) is 5.70. The summed E-state index contributed by atoms with van der Waals surface area (Å²) in [6.45, 7) is 8.58. The van der Waals surface area contributed by atoms with Crippen molar-refractivity contribution in [3.05, 3.63) is 28.8 Å². The van der Waals surface area contributed by atoms with Crippen molar-refractivity contribution in [1.82, 2.24) is 0 Å². The summed E-state index contributed by atoms with van der Waals surface area (Å²) >= 11 is 6.41. The van der Waals surface area contributed by atoms with E-state index < -0.39 is 0 Å². The van der Waals surface area contributed by atoms with Crippen molar-refractivity contribution in [2.24, 2.45) is 17.6 Å². The molecule has 1 aromatic carbocycles. The monoisotopic (exact) mass is 266 g/mol. The molecular weight excluding hydrogens is 244 g/mol. The molecule has 1 aliphatic heterocycles. The Morgan fingerprint density at radius 2 is 2.06 bits per heavy atom. The van der Waals surface area contributed by atoms with Crippen LogP contribution in [0.15, 0.2) is 18.2 Å². The van der Waals surface area contributed by atoms with Crippen molar-refractivity contribution in [3.8, 4) is 0 Å². The Morgan fingerprint density at radius 3 is 2.67 bits per heavy atom. The van der Waals surface area contributed by atoms with Crippen LogP contribution < -0.4 is 10.6 Å². The zero-order valence-electron chi connectivity index (χ0n) is 11.5. The fourth-order valence-electron chi connectivity index (χ4n) is 2.94. The third-order valence-corrected chi connectivity index (χ3v) is 4.46. The van der Waals surface area contributed by atoms with Crippen molar-refractivity contribution in [3.63, 3.8) is 0 Å². The maximum atomic E-state index is 6.41. The van der Waals surface area contributed by atoms with Gasteiger partial charge in [0.15, 0.2) is 0 Å². The third kappa shape index (κ3) is 2.65. The van der Waals surface area contributed by atoms with Gasteiger partial charge in [0.2, 0.25) is 0 Å². The highest BCUT2D eigenvalue weighted by atomic mass is 35.5. The summed E-state index contributed by atoms with van der Waals surface area (Å²) < 4.78 is 0. The van der Waals surface area contributed by atoms with Crippen LogP contribution >= 0.6 is 11.6 Å². The molecule has 1 aromatic rings. The second kappa shape index (κ2) is 5.50. The highest BCUT2D eigenvalue weighted by Gasteiger charge is 2.29. The fourth-order valence-corrected chi connectivity index (χ4v) is 3.26. The molecule has 0 spiro atoms. The SMILES string of the molecule is CC1CC(C)C(C)N(c2ccc(CN)cc2Cl)C1. The molecule has 1 fully saturated rings. The van der Waals surface area contributed by atoms with Gasteiger partial charge in [0.25, 0.3) is 0 Å². The summed E-state index contributed by atoms with van der Waals surface area (Å²) in [5.41, 5.74) is 7.89. The number of anilines is 1. The summed E-state index contributed by atoms with van der Waals surface area (Å²) in [5.74, 6) is 1.43. The zero-order valence-corrected chi connectivity index (χ0v) is 12.2. The first-order valence-electron chi connectivity index (χ1n) is 6.78. The number of piperidine rings is 1. The van der Waals surface area contributed by atoms with E-state index in [1.54, 1.807) is 0 Å². The number of nitrogens with zero attached hydrogens (tertiary/aromatic N) is 1. The van der Waals surface area contributed by atoms with E-state index in [1.165, 1.54) is 6.42 Å². The lowest BCUT2D eigenvalue weighted by molar-refractivity contribution is 0.297. The lowest BCUT2D eigenvalue weighted by atomic mass is 9.85. The van der Waals surface area contributed by atoms with E-state index in [0.717, 1.165) is 28.7 Å². The Bertz CT molecular complexity index is 419. The van der Waals surface area contributed by atoms with Gasteiger partial charge in [-0.1, -0.05) is 31.5 Å². The second-order valence-corrected chi connectivity index (χ2v) is 6.11. The first-order chi connectivity index (χ1) is 8.52. The average Bonchev–Trinajstić information content (AvgIpc) is 2.34. The van der Waals surface area contributed by atoms with Gasteiger partial charge in [0, 0.05) is 19.1 Å². The molecule has 1 aliphatic rings. The largest absolute Gasteiger partial charge is 0.367 e. The smallest absolute Gasteiger partial charge is 0.0642 e. The van der Waals surface area contributed by atoms with Crippen LogP contribution in [0, 0.1) is 11.8 Å². The lowest BCUT2D eigenvalue weighted by Crippen LogP contribution is -2.46. The number of halogens is 1. The highest BCUT2D eigenvalue weighted by Crippen LogP contribution is 2.35. The normalized spacial score (nSPS) is 28.5. The van der Waals surface area contributed by atoms with Crippen LogP contribution in [0.5, 0.6) is 0 Å². The van der Waals surface area contributed by atoms with Crippen molar-refractivity contribution in [2.45, 2.75) is 39.8 Å². The number of hydrogen-bond acceptors (Lipinski definition) is 2. The molecule has 1 heterocycles. The van der Waals surface area contributed by atoms with E-state index in [2.05, 4.69) is 37.8 Å². The van der Waals surface area contributed by atoms with Gasteiger partial charge < -0.3 is 10.6 Å². The molecule has 3 atom stereocenters. The first kappa shape index (κ1) is 13.7. The van der Waals surface area contributed by atoms with E-state index in [0.29, 0.717) is 18.5 Å². The number of nitrogens with two attached hydrogens (primary N) is 1. The minimum atomic E-state index is 0.544. The topological polar surface area (TPSA) is 29.3 Å². The standard InChI is InChI=1S/C15H23ClN2/c1-10-6-11(2)12(3)18(9-10)15-5-4-13(8-17)7-14(15)16/h4-5,7,10-12H,6,8-9,17H2,1-3H3. The van der Waals surface area contributed by atoms with E-state index in [4.69, 9.17) is 17.3 Å². The van der Waals surface area contributed by atoms with Crippen LogP contribution in [0.2, 0.25) is 5.02 Å². The Hall–Kier alpha value is -0.730. The molecule has 0 aromatic heterocycles. The molecule has 0 saturated carbocycles. The van der Waals surface area contributed by atoms with Crippen LogP contribution in [0.3, 0.4) is 0 Å². The predicted molar refractivity (Wildman–Crippen MR) is 79.1 cm³/mol. The van der Waals surface area contributed by atoms with Crippen LogP contribution in [-0.4, -0.2) is 12.6 Å². The Morgan fingerprint density at radius 1 is 1.33 bits per heavy atom. The maximum Gasteiger partial charge on any atom is 0.0642 e. The Labute approximate surface area is 115 Å². The van der Waals surface area contributed by atoms with Gasteiger partial charge in [-0.25, -0.2) is 0 Å². The Balaban J connectivity index is 2.29. The molecule has 3 heteroatoms. The van der Waals surface area contributed by atoms with Gasteiger partial charge in [-0.05, 0) is 42.9 Å². The average molecular weight is 267 g/mol. The third-order valence-electron chi connectivity index (χ3n) is 4.15. The summed E-state index contributed by atoms with van der Waals surface area (Å²) in [5, 5.41) is 0.825. The molecule has 0 amide bonds. The van der Waals surface area contributed by atoms with Gasteiger partial charge in [-0.15, -0.1) is 0 Å². The number of benzene rings is 1. The quantitative estimate of drug-likeness (QED) is 0.885. The van der Waals surface area contributed by atoms with Gasteiger partial charge in [0.05, 0.1) is 10.7 Å². The van der Waals surface area contributed by atoms with Gasteiger partial charge in [-0.2, -0.15) is 0 Å². The molecule has 2 rings (SSSR count). The molecular formula is C15H23ClN2. The van der Waals surface area contributed by atoms with Crippen molar-refractivity contribution in [2.75, 3.05) is 11.4 Å². The molecule has 0 radical (unpaired) electrons. The molecule has 0 bridgehead atoms. The van der Waals surface area contributed by atoms with Gasteiger partial charge >= 0.3 is 0 Å². The highest BCUT2D eigenvalue weighted by molar-refractivity contribution is 6.33. The number of hydrogen-bond donors (Lipinski definition) is 1. The van der Waals surface area contributed by atoms with Crippen molar-refractivity contribution in [1.29, 1.82) is 0 Å². The fraction of sp³-hybridized carbons (Fsp3) is 0.600. The predicted octanol–water partition coefficient (Wildman–Crippen LogP) is 3.67. The minimum Gasteiger partial charge on any atom is -0.367 e. The van der Waals surface area contributed by atoms with E-state index in [9.17, 15) is 0 Å². The van der Waals surface area contributed by atoms with Crippen molar-refractivity contribution < 1.29 is 0 Å². The Kier molecular flexibility index (Phi) is 4.18. The van der Waals surface area contributed by atoms with Gasteiger partial charge in [0.1, 0.15) is 0 Å². The van der Waals surface area contributed by atoms with Crippen molar-refractivity contribution >= 4 is 17.3 Å². The van der Waals surface area contributed by atoms with Crippen LogP contribution in [0.1, 0.15) is 32.8 Å². The lowest BCUT2D eigenvalue weighted by Gasteiger charge is -2.43. The van der Waals surface area contributed by atoms with Crippen LogP contribution in [0.25, 0.3) is 0 Å².